The Labute approximate surface area is 119 Å². The molecular weight excluding hydrogens is 250 g/mol. The molecule has 104 valence electrons. The van der Waals surface area contributed by atoms with E-state index in [4.69, 9.17) is 5.73 Å². The summed E-state index contributed by atoms with van der Waals surface area (Å²) in [6.07, 6.45) is 12.2. The molecule has 20 heavy (non-hydrogen) atoms. The molecule has 2 N–H and O–H groups in total. The number of rotatable bonds is 2. The van der Waals surface area contributed by atoms with Gasteiger partial charge >= 0.3 is 0 Å². The number of nitrogens with zero attached hydrogens (tertiary/aromatic N) is 4. The van der Waals surface area contributed by atoms with E-state index in [1.54, 1.807) is 6.34 Å². The number of aliphatic imine (C=N–C) groups is 2. The van der Waals surface area contributed by atoms with Crippen LogP contribution in [-0.2, 0) is 0 Å². The minimum absolute atomic E-state index is 0.0871. The van der Waals surface area contributed by atoms with Crippen molar-refractivity contribution in [3.8, 4) is 0 Å². The van der Waals surface area contributed by atoms with Crippen LogP contribution in [0.1, 0.15) is 13.8 Å². The summed E-state index contributed by atoms with van der Waals surface area (Å²) >= 11 is 0. The highest BCUT2D eigenvalue weighted by Crippen LogP contribution is 2.32. The van der Waals surface area contributed by atoms with Gasteiger partial charge in [-0.2, -0.15) is 0 Å². The van der Waals surface area contributed by atoms with Crippen molar-refractivity contribution in [1.82, 2.24) is 9.80 Å². The van der Waals surface area contributed by atoms with Crippen molar-refractivity contribution >= 4 is 12.2 Å². The number of fused-ring (bicyclic) bond motifs is 1. The Balaban J connectivity index is 2.09. The maximum Gasteiger partial charge on any atom is 0.161 e. The Bertz CT molecular complexity index is 590. The average Bonchev–Trinajstić information content (AvgIpc) is 3.06. The topological polar surface area (TPSA) is 57.2 Å². The van der Waals surface area contributed by atoms with Crippen LogP contribution in [0.25, 0.3) is 0 Å². The van der Waals surface area contributed by atoms with Gasteiger partial charge in [0.05, 0.1) is 0 Å². The molecule has 0 radical (unpaired) electrons. The molecule has 0 aromatic rings. The van der Waals surface area contributed by atoms with Crippen molar-refractivity contribution in [2.45, 2.75) is 20.0 Å². The maximum atomic E-state index is 6.32. The van der Waals surface area contributed by atoms with Gasteiger partial charge in [-0.1, -0.05) is 29.9 Å². The summed E-state index contributed by atoms with van der Waals surface area (Å²) in [5.74, 6) is 1.79. The predicted octanol–water partition coefficient (Wildman–Crippen LogP) is 1.79. The monoisotopic (exact) mass is 269 g/mol. The molecule has 1 aliphatic carbocycles. The highest BCUT2D eigenvalue weighted by atomic mass is 15.4. The van der Waals surface area contributed by atoms with Crippen molar-refractivity contribution in [2.75, 3.05) is 7.05 Å². The van der Waals surface area contributed by atoms with Crippen LogP contribution in [0.15, 0.2) is 57.6 Å². The van der Waals surface area contributed by atoms with Crippen molar-refractivity contribution in [3.63, 3.8) is 0 Å². The largest absolute Gasteiger partial charge is 0.383 e. The highest BCUT2D eigenvalue weighted by molar-refractivity contribution is 6.07. The lowest BCUT2D eigenvalue weighted by atomic mass is 10.0. The van der Waals surface area contributed by atoms with E-state index >= 15 is 0 Å². The Morgan fingerprint density at radius 1 is 1.30 bits per heavy atom. The van der Waals surface area contributed by atoms with Crippen molar-refractivity contribution in [3.05, 3.63) is 47.6 Å². The Morgan fingerprint density at radius 3 is 2.65 bits per heavy atom. The van der Waals surface area contributed by atoms with E-state index in [1.807, 2.05) is 7.05 Å². The van der Waals surface area contributed by atoms with Crippen LogP contribution in [-0.4, -0.2) is 35.2 Å². The predicted molar refractivity (Wildman–Crippen MR) is 81.7 cm³/mol. The van der Waals surface area contributed by atoms with Gasteiger partial charge < -0.3 is 15.5 Å². The standard InChI is InChI=1S/C15H19N5/c1-10(2)8-20-13(16)12-14(18-9-17-12)19(3)15(20)11-6-4-5-7-11/h4-9,11,15H,16H2,1-3H3. The van der Waals surface area contributed by atoms with Crippen LogP contribution >= 0.6 is 0 Å². The van der Waals surface area contributed by atoms with E-state index < -0.39 is 0 Å². The molecule has 0 saturated heterocycles. The summed E-state index contributed by atoms with van der Waals surface area (Å²) in [5, 5.41) is 0. The van der Waals surface area contributed by atoms with E-state index in [-0.39, 0.29) is 12.1 Å². The molecule has 5 heteroatoms. The number of amidine groups is 1. The Hall–Kier alpha value is -2.30. The van der Waals surface area contributed by atoms with E-state index in [0.29, 0.717) is 5.82 Å². The molecule has 3 rings (SSSR count). The lowest BCUT2D eigenvalue weighted by Crippen LogP contribution is -2.55. The number of allylic oxidation sites excluding steroid dienone is 3. The van der Waals surface area contributed by atoms with Crippen LogP contribution in [0.5, 0.6) is 0 Å². The van der Waals surface area contributed by atoms with Crippen molar-refractivity contribution in [2.24, 2.45) is 21.6 Å². The van der Waals surface area contributed by atoms with E-state index in [2.05, 4.69) is 64.1 Å². The summed E-state index contributed by atoms with van der Waals surface area (Å²) < 4.78 is 0. The molecule has 0 saturated carbocycles. The second-order valence-corrected chi connectivity index (χ2v) is 5.42. The molecule has 0 amide bonds. The Kier molecular flexibility index (Phi) is 2.97. The number of hydrogen-bond acceptors (Lipinski definition) is 5. The third-order valence-corrected chi connectivity index (χ3v) is 3.63. The zero-order valence-corrected chi connectivity index (χ0v) is 12.0. The van der Waals surface area contributed by atoms with Gasteiger partial charge in [-0.15, -0.1) is 0 Å². The molecule has 0 aromatic heterocycles. The first-order chi connectivity index (χ1) is 9.59. The minimum Gasteiger partial charge on any atom is -0.383 e. The zero-order valence-electron chi connectivity index (χ0n) is 12.0. The molecular formula is C15H19N5. The van der Waals surface area contributed by atoms with Gasteiger partial charge in [0, 0.05) is 19.2 Å². The van der Waals surface area contributed by atoms with Gasteiger partial charge in [0.2, 0.25) is 0 Å². The second kappa shape index (κ2) is 4.67. The second-order valence-electron chi connectivity index (χ2n) is 5.42. The molecule has 0 spiro atoms. The van der Waals surface area contributed by atoms with E-state index in [1.165, 1.54) is 5.57 Å². The quantitative estimate of drug-likeness (QED) is 0.831. The highest BCUT2D eigenvalue weighted by Gasteiger charge is 2.38. The summed E-state index contributed by atoms with van der Waals surface area (Å²) in [6, 6.07) is 0. The van der Waals surface area contributed by atoms with Gasteiger partial charge in [-0.3, -0.25) is 0 Å². The summed E-state index contributed by atoms with van der Waals surface area (Å²) in [4.78, 5) is 12.9. The summed E-state index contributed by atoms with van der Waals surface area (Å²) in [7, 11) is 2.04. The van der Waals surface area contributed by atoms with Gasteiger partial charge in [0.15, 0.2) is 5.84 Å². The van der Waals surface area contributed by atoms with Crippen molar-refractivity contribution < 1.29 is 0 Å². The summed E-state index contributed by atoms with van der Waals surface area (Å²) in [5.41, 5.74) is 8.28. The fourth-order valence-electron chi connectivity index (χ4n) is 2.79. The normalized spacial score (nSPS) is 24.6. The first-order valence-electron chi connectivity index (χ1n) is 6.71. The molecule has 5 nitrogen and oxygen atoms in total. The molecule has 0 bridgehead atoms. The van der Waals surface area contributed by atoms with Crippen LogP contribution in [0, 0.1) is 5.92 Å². The molecule has 3 aliphatic rings. The van der Waals surface area contributed by atoms with Crippen LogP contribution in [0.4, 0.5) is 0 Å². The first kappa shape index (κ1) is 12.7. The number of nitrogens with two attached hydrogens (primary N) is 1. The van der Waals surface area contributed by atoms with Crippen LogP contribution in [0.3, 0.4) is 0 Å². The van der Waals surface area contributed by atoms with Gasteiger partial charge in [0.25, 0.3) is 0 Å². The lowest BCUT2D eigenvalue weighted by Gasteiger charge is -2.44. The van der Waals surface area contributed by atoms with Crippen LogP contribution < -0.4 is 5.73 Å². The van der Waals surface area contributed by atoms with E-state index in [9.17, 15) is 0 Å². The number of likely N-dealkylation sites (N-methyl/N-ethyl adjacent to an activating group) is 1. The third-order valence-electron chi connectivity index (χ3n) is 3.63. The Morgan fingerprint density at radius 2 is 2.00 bits per heavy atom. The van der Waals surface area contributed by atoms with Gasteiger partial charge in [-0.05, 0) is 13.8 Å². The summed E-state index contributed by atoms with van der Waals surface area (Å²) in [6.45, 7) is 4.13. The molecule has 0 fully saturated rings. The molecule has 1 atom stereocenters. The number of hydrogen-bond donors (Lipinski definition) is 1. The van der Waals surface area contributed by atoms with Crippen molar-refractivity contribution in [1.29, 1.82) is 0 Å². The average molecular weight is 269 g/mol. The maximum absolute atomic E-state index is 6.32. The first-order valence-corrected chi connectivity index (χ1v) is 6.71. The lowest BCUT2D eigenvalue weighted by molar-refractivity contribution is 0.154. The molecule has 2 aliphatic heterocycles. The fraction of sp³-hybridized carbons (Fsp3) is 0.333. The molecule has 0 aromatic carbocycles. The third kappa shape index (κ3) is 1.86. The van der Waals surface area contributed by atoms with E-state index in [0.717, 1.165) is 11.5 Å². The smallest absolute Gasteiger partial charge is 0.161 e. The van der Waals surface area contributed by atoms with Gasteiger partial charge in [-0.25, -0.2) is 9.98 Å². The minimum atomic E-state index is 0.0871. The SMILES string of the molecule is CC(C)=CN1C(N)=C2N=CN=C2N(C)C1C1C=CC=C1. The van der Waals surface area contributed by atoms with Crippen LogP contribution in [0.2, 0.25) is 0 Å². The van der Waals surface area contributed by atoms with Gasteiger partial charge in [0.1, 0.15) is 24.0 Å². The zero-order chi connectivity index (χ0) is 14.3. The molecule has 1 unspecified atom stereocenters. The molecule has 2 heterocycles. The fourth-order valence-corrected chi connectivity index (χ4v) is 2.79.